The van der Waals surface area contributed by atoms with Gasteiger partial charge < -0.3 is 21.1 Å². The molecule has 4 N–H and O–H groups in total. The summed E-state index contributed by atoms with van der Waals surface area (Å²) in [6, 6.07) is 8.97. The van der Waals surface area contributed by atoms with Gasteiger partial charge in [-0.1, -0.05) is 30.3 Å². The molecule has 1 saturated carbocycles. The summed E-state index contributed by atoms with van der Waals surface area (Å²) in [5.74, 6) is -1.59. The number of alkyl halides is 3. The fourth-order valence-electron chi connectivity index (χ4n) is 5.30. The van der Waals surface area contributed by atoms with E-state index in [-0.39, 0.29) is 24.1 Å². The lowest BCUT2D eigenvalue weighted by atomic mass is 9.79. The maximum Gasteiger partial charge on any atom is 0.419 e. The van der Waals surface area contributed by atoms with Crippen molar-refractivity contribution in [3.05, 3.63) is 65.7 Å². The normalized spacial score (nSPS) is 18.0. The van der Waals surface area contributed by atoms with Gasteiger partial charge in [0.25, 0.3) is 0 Å². The number of halogens is 3. The van der Waals surface area contributed by atoms with E-state index in [4.69, 9.17) is 10.8 Å². The molecule has 0 bridgehead atoms. The van der Waals surface area contributed by atoms with Crippen LogP contribution >= 0.6 is 0 Å². The summed E-state index contributed by atoms with van der Waals surface area (Å²) >= 11 is 0. The number of carbonyl (C=O) groups is 2. The molecule has 0 radical (unpaired) electrons. The Kier molecular flexibility index (Phi) is 6.91. The molecule has 3 aromatic rings. The van der Waals surface area contributed by atoms with Crippen molar-refractivity contribution in [2.45, 2.75) is 50.2 Å². The number of nitrogens with two attached hydrogens (primary N) is 1. The van der Waals surface area contributed by atoms with Gasteiger partial charge in [-0.2, -0.15) is 18.3 Å². The molecular weight excluding hydrogens is 515 g/mol. The summed E-state index contributed by atoms with van der Waals surface area (Å²) in [6.07, 6.45) is 0.367. The molecule has 1 aromatic carbocycles. The minimum absolute atomic E-state index is 0.0132. The molecular formula is C26H28F3N7O3. The van der Waals surface area contributed by atoms with E-state index >= 15 is 0 Å². The molecule has 2 aromatic heterocycles. The molecule has 1 aliphatic heterocycles. The van der Waals surface area contributed by atoms with E-state index < -0.39 is 35.1 Å². The maximum atomic E-state index is 14.1. The number of rotatable bonds is 8. The van der Waals surface area contributed by atoms with Gasteiger partial charge in [-0.25, -0.2) is 14.8 Å². The van der Waals surface area contributed by atoms with E-state index in [1.165, 1.54) is 11.1 Å². The van der Waals surface area contributed by atoms with Gasteiger partial charge in [0.15, 0.2) is 0 Å². The number of aromatic nitrogens is 4. The van der Waals surface area contributed by atoms with E-state index in [0.717, 1.165) is 11.8 Å². The SMILES string of the molecule is NC(=O)C1(C(Cc2ccccc2)c2nc(Nc3cnn(C4CCN(C(=O)O)CC4)c3)ncc2C(F)(F)F)CC1. The molecule has 1 aliphatic carbocycles. The fraction of sp³-hybridized carbons (Fsp3) is 0.423. The molecule has 2 aliphatic rings. The van der Waals surface area contributed by atoms with Crippen molar-refractivity contribution in [1.29, 1.82) is 0 Å². The standard InChI is InChI=1S/C26H28F3N7O3/c27-26(28,29)20-14-31-23(33-17-13-32-36(15-17)18-6-10-35(11-7-18)24(38)39)34-21(20)19(25(8-9-25)22(30)37)12-16-4-2-1-3-5-16/h1-5,13-15,18-19H,6-12H2,(H2,30,37)(H,38,39)(H,31,33,34). The van der Waals surface area contributed by atoms with Crippen LogP contribution in [0.3, 0.4) is 0 Å². The number of benzene rings is 1. The number of nitrogens with one attached hydrogen (secondary N) is 1. The molecule has 1 atom stereocenters. The molecule has 2 amide bonds. The molecule has 1 saturated heterocycles. The average molecular weight is 544 g/mol. The van der Waals surface area contributed by atoms with Crippen molar-refractivity contribution < 1.29 is 27.9 Å². The largest absolute Gasteiger partial charge is 0.465 e. The Bertz CT molecular complexity index is 1350. The van der Waals surface area contributed by atoms with Crippen molar-refractivity contribution in [3.8, 4) is 0 Å². The zero-order chi connectivity index (χ0) is 27.8. The second-order valence-corrected chi connectivity index (χ2v) is 10.1. The number of piperidine rings is 1. The van der Waals surface area contributed by atoms with Gasteiger partial charge in [-0.15, -0.1) is 0 Å². The lowest BCUT2D eigenvalue weighted by molar-refractivity contribution is -0.139. The van der Waals surface area contributed by atoms with Gasteiger partial charge in [-0.3, -0.25) is 9.48 Å². The quantitative estimate of drug-likeness (QED) is 0.384. The highest BCUT2D eigenvalue weighted by Gasteiger charge is 2.57. The monoisotopic (exact) mass is 543 g/mol. The summed E-state index contributed by atoms with van der Waals surface area (Å²) in [5.41, 5.74) is 4.58. The van der Waals surface area contributed by atoms with Crippen molar-refractivity contribution in [3.63, 3.8) is 0 Å². The summed E-state index contributed by atoms with van der Waals surface area (Å²) in [5, 5.41) is 16.4. The highest BCUT2D eigenvalue weighted by Crippen LogP contribution is 2.58. The number of nitrogens with zero attached hydrogens (tertiary/aromatic N) is 5. The van der Waals surface area contributed by atoms with Crippen LogP contribution in [0, 0.1) is 5.41 Å². The number of hydrogen-bond acceptors (Lipinski definition) is 6. The van der Waals surface area contributed by atoms with Crippen LogP contribution in [0.2, 0.25) is 0 Å². The van der Waals surface area contributed by atoms with Gasteiger partial charge in [0.05, 0.1) is 34.6 Å². The number of likely N-dealkylation sites (tertiary alicyclic amines) is 1. The fourth-order valence-corrected chi connectivity index (χ4v) is 5.30. The van der Waals surface area contributed by atoms with E-state index in [1.807, 2.05) is 6.07 Å². The van der Waals surface area contributed by atoms with Gasteiger partial charge in [-0.05, 0) is 37.7 Å². The van der Waals surface area contributed by atoms with Gasteiger partial charge in [0.1, 0.15) is 0 Å². The number of carboxylic acid groups (broad SMARTS) is 1. The molecule has 1 unspecified atom stereocenters. The minimum Gasteiger partial charge on any atom is -0.465 e. The van der Waals surface area contributed by atoms with Crippen molar-refractivity contribution in [2.24, 2.45) is 11.1 Å². The number of carbonyl (C=O) groups excluding carboxylic acids is 1. The van der Waals surface area contributed by atoms with Crippen LogP contribution in [0.4, 0.5) is 29.6 Å². The number of primary amides is 1. The molecule has 5 rings (SSSR count). The first-order valence-corrected chi connectivity index (χ1v) is 12.6. The van der Waals surface area contributed by atoms with Gasteiger partial charge in [0, 0.05) is 31.4 Å². The summed E-state index contributed by atoms with van der Waals surface area (Å²) < 4.78 is 44.1. The van der Waals surface area contributed by atoms with Crippen molar-refractivity contribution in [1.82, 2.24) is 24.6 Å². The first kappa shape index (κ1) is 26.4. The maximum absolute atomic E-state index is 14.1. The summed E-state index contributed by atoms with van der Waals surface area (Å²) in [6.45, 7) is 0.775. The van der Waals surface area contributed by atoms with Crippen LogP contribution < -0.4 is 11.1 Å². The predicted molar refractivity (Wildman–Crippen MR) is 134 cm³/mol. The van der Waals surface area contributed by atoms with Crippen LogP contribution in [0.15, 0.2) is 48.9 Å². The van der Waals surface area contributed by atoms with Gasteiger partial charge in [0.2, 0.25) is 11.9 Å². The van der Waals surface area contributed by atoms with E-state index in [0.29, 0.717) is 44.5 Å². The molecule has 2 fully saturated rings. The van der Waals surface area contributed by atoms with Crippen LogP contribution in [-0.4, -0.2) is 54.8 Å². The molecule has 39 heavy (non-hydrogen) atoms. The molecule has 10 nitrogen and oxygen atoms in total. The van der Waals surface area contributed by atoms with E-state index in [9.17, 15) is 22.8 Å². The van der Waals surface area contributed by atoms with Crippen molar-refractivity contribution in [2.75, 3.05) is 18.4 Å². The second kappa shape index (κ2) is 10.2. The Balaban J connectivity index is 1.44. The third-order valence-electron chi connectivity index (χ3n) is 7.65. The second-order valence-electron chi connectivity index (χ2n) is 10.1. The zero-order valence-corrected chi connectivity index (χ0v) is 20.9. The topological polar surface area (TPSA) is 139 Å². The number of anilines is 2. The number of amides is 2. The smallest absolute Gasteiger partial charge is 0.419 e. The summed E-state index contributed by atoms with van der Waals surface area (Å²) in [7, 11) is 0. The van der Waals surface area contributed by atoms with Gasteiger partial charge >= 0.3 is 12.3 Å². The summed E-state index contributed by atoms with van der Waals surface area (Å²) in [4.78, 5) is 33.2. The first-order chi connectivity index (χ1) is 18.6. The Morgan fingerprint density at radius 3 is 2.44 bits per heavy atom. The Morgan fingerprint density at radius 1 is 1.15 bits per heavy atom. The minimum atomic E-state index is -4.73. The Morgan fingerprint density at radius 2 is 1.85 bits per heavy atom. The van der Waals surface area contributed by atoms with Crippen LogP contribution in [0.5, 0.6) is 0 Å². The van der Waals surface area contributed by atoms with E-state index in [1.54, 1.807) is 35.1 Å². The van der Waals surface area contributed by atoms with Crippen LogP contribution in [-0.2, 0) is 17.4 Å². The molecule has 3 heterocycles. The van der Waals surface area contributed by atoms with E-state index in [2.05, 4.69) is 20.4 Å². The van der Waals surface area contributed by atoms with Crippen LogP contribution in [0.1, 0.15) is 54.5 Å². The third kappa shape index (κ3) is 5.52. The molecule has 0 spiro atoms. The lowest BCUT2D eigenvalue weighted by Crippen LogP contribution is -2.38. The van der Waals surface area contributed by atoms with Crippen LogP contribution in [0.25, 0.3) is 0 Å². The number of hydrogen-bond donors (Lipinski definition) is 3. The highest BCUT2D eigenvalue weighted by atomic mass is 19.4. The molecule has 206 valence electrons. The Labute approximate surface area is 222 Å². The Hall–Kier alpha value is -4.16. The highest BCUT2D eigenvalue weighted by molar-refractivity contribution is 5.85. The third-order valence-corrected chi connectivity index (χ3v) is 7.65. The lowest BCUT2D eigenvalue weighted by Gasteiger charge is -2.29. The zero-order valence-electron chi connectivity index (χ0n) is 20.9. The average Bonchev–Trinajstić information content (AvgIpc) is 3.59. The van der Waals surface area contributed by atoms with Crippen molar-refractivity contribution >= 4 is 23.6 Å². The predicted octanol–water partition coefficient (Wildman–Crippen LogP) is 4.34. The first-order valence-electron chi connectivity index (χ1n) is 12.6. The molecule has 13 heteroatoms.